The maximum Gasteiger partial charge on any atom is 0.172 e. The first kappa shape index (κ1) is 14.6. The van der Waals surface area contributed by atoms with Crippen LogP contribution in [0.4, 0.5) is 0 Å². The largest absolute Gasteiger partial charge is 0.482 e. The average molecular weight is 323 g/mol. The third-order valence-electron chi connectivity index (χ3n) is 3.69. The molecule has 0 unspecified atom stereocenters. The van der Waals surface area contributed by atoms with Crippen LogP contribution in [0.3, 0.4) is 0 Å². The van der Waals surface area contributed by atoms with Crippen LogP contribution in [0, 0.1) is 5.92 Å². The quantitative estimate of drug-likeness (QED) is 0.860. The minimum atomic E-state index is -0.0401. The second-order valence-electron chi connectivity index (χ2n) is 5.12. The van der Waals surface area contributed by atoms with E-state index in [0.29, 0.717) is 22.0 Å². The Labute approximate surface area is 134 Å². The van der Waals surface area contributed by atoms with Gasteiger partial charge in [-0.1, -0.05) is 53.5 Å². The third-order valence-corrected chi connectivity index (χ3v) is 4.17. The molecule has 2 atom stereocenters. The molecule has 0 bridgehead atoms. The smallest absolute Gasteiger partial charge is 0.172 e. The van der Waals surface area contributed by atoms with Crippen LogP contribution < -0.4 is 10.1 Å². The molecule has 0 spiro atoms. The van der Waals surface area contributed by atoms with Gasteiger partial charge < -0.3 is 10.1 Å². The van der Waals surface area contributed by atoms with Gasteiger partial charge in [0.1, 0.15) is 11.3 Å². The maximum absolute atomic E-state index is 6.18. The van der Waals surface area contributed by atoms with E-state index < -0.39 is 0 Å². The lowest BCUT2D eigenvalue weighted by Crippen LogP contribution is -2.21. The molecule has 1 aliphatic rings. The predicted molar refractivity (Wildman–Crippen MR) is 85.0 cm³/mol. The molecule has 3 nitrogen and oxygen atoms in total. The van der Waals surface area contributed by atoms with Gasteiger partial charge >= 0.3 is 0 Å². The molecule has 0 radical (unpaired) electrons. The molecule has 0 aliphatic carbocycles. The van der Waals surface area contributed by atoms with Crippen molar-refractivity contribution >= 4 is 23.2 Å². The minimum Gasteiger partial charge on any atom is -0.482 e. The van der Waals surface area contributed by atoms with Crippen LogP contribution in [0.2, 0.25) is 10.3 Å². The van der Waals surface area contributed by atoms with Gasteiger partial charge in [0.05, 0.1) is 0 Å². The number of hydrogen-bond donors (Lipinski definition) is 1. The highest BCUT2D eigenvalue weighted by atomic mass is 35.5. The maximum atomic E-state index is 6.18. The number of benzene rings is 1. The molecule has 2 heterocycles. The van der Waals surface area contributed by atoms with Gasteiger partial charge in [-0.25, -0.2) is 4.98 Å². The molecular weight excluding hydrogens is 307 g/mol. The Morgan fingerprint density at radius 1 is 1.14 bits per heavy atom. The first-order chi connectivity index (χ1) is 10.2. The summed E-state index contributed by atoms with van der Waals surface area (Å²) >= 11 is 12.0. The number of ether oxygens (including phenoxy) is 1. The highest BCUT2D eigenvalue weighted by Gasteiger charge is 2.28. The fourth-order valence-electron chi connectivity index (χ4n) is 2.64. The van der Waals surface area contributed by atoms with E-state index in [0.717, 1.165) is 25.1 Å². The lowest BCUT2D eigenvalue weighted by atomic mass is 9.95. The van der Waals surface area contributed by atoms with Gasteiger partial charge in [-0.2, -0.15) is 0 Å². The second kappa shape index (κ2) is 6.65. The monoisotopic (exact) mass is 322 g/mol. The fourth-order valence-corrected chi connectivity index (χ4v) is 3.03. The van der Waals surface area contributed by atoms with Crippen LogP contribution in [0.25, 0.3) is 0 Å². The molecule has 0 amide bonds. The third kappa shape index (κ3) is 3.49. The van der Waals surface area contributed by atoms with E-state index in [1.165, 1.54) is 0 Å². The van der Waals surface area contributed by atoms with Gasteiger partial charge in [0.2, 0.25) is 0 Å². The molecule has 1 fully saturated rings. The Bertz CT molecular complexity index is 600. The van der Waals surface area contributed by atoms with Gasteiger partial charge in [0.15, 0.2) is 10.9 Å². The molecule has 3 rings (SSSR count). The van der Waals surface area contributed by atoms with E-state index >= 15 is 0 Å². The van der Waals surface area contributed by atoms with Crippen molar-refractivity contribution in [2.75, 3.05) is 13.1 Å². The Morgan fingerprint density at radius 3 is 2.62 bits per heavy atom. The van der Waals surface area contributed by atoms with E-state index in [9.17, 15) is 0 Å². The van der Waals surface area contributed by atoms with Crippen molar-refractivity contribution in [1.29, 1.82) is 0 Å². The topological polar surface area (TPSA) is 34.1 Å². The summed E-state index contributed by atoms with van der Waals surface area (Å²) in [5.41, 5.74) is 1.15. The molecule has 1 N–H and O–H groups in total. The van der Waals surface area contributed by atoms with Crippen molar-refractivity contribution in [1.82, 2.24) is 10.3 Å². The summed E-state index contributed by atoms with van der Waals surface area (Å²) in [6.45, 7) is 1.96. The summed E-state index contributed by atoms with van der Waals surface area (Å²) in [4.78, 5) is 4.04. The van der Waals surface area contributed by atoms with Gasteiger partial charge in [-0.3, -0.25) is 0 Å². The van der Waals surface area contributed by atoms with Crippen molar-refractivity contribution < 1.29 is 4.74 Å². The van der Waals surface area contributed by atoms with Crippen LogP contribution in [-0.4, -0.2) is 18.1 Å². The van der Waals surface area contributed by atoms with Gasteiger partial charge in [0.25, 0.3) is 0 Å². The molecule has 1 aromatic carbocycles. The van der Waals surface area contributed by atoms with Crippen molar-refractivity contribution in [3.05, 3.63) is 58.3 Å². The van der Waals surface area contributed by atoms with E-state index in [-0.39, 0.29) is 6.10 Å². The van der Waals surface area contributed by atoms with Gasteiger partial charge in [-0.05, 0) is 30.7 Å². The van der Waals surface area contributed by atoms with Crippen LogP contribution in [0.15, 0.2) is 42.5 Å². The highest BCUT2D eigenvalue weighted by molar-refractivity contribution is 6.33. The first-order valence-electron chi connectivity index (χ1n) is 6.98. The van der Waals surface area contributed by atoms with E-state index in [1.54, 1.807) is 12.1 Å². The normalized spacial score (nSPS) is 19.4. The van der Waals surface area contributed by atoms with Gasteiger partial charge in [-0.15, -0.1) is 0 Å². The average Bonchev–Trinajstić information content (AvgIpc) is 3.01. The summed E-state index contributed by atoms with van der Waals surface area (Å²) in [5.74, 6) is 0.987. The lowest BCUT2D eigenvalue weighted by Gasteiger charge is -2.25. The number of pyridine rings is 1. The summed E-state index contributed by atoms with van der Waals surface area (Å²) in [6.07, 6.45) is 1.04. The fraction of sp³-hybridized carbons (Fsp3) is 0.312. The number of nitrogens with zero attached hydrogens (tertiary/aromatic N) is 1. The predicted octanol–water partition coefficient (Wildman–Crippen LogP) is 4.12. The van der Waals surface area contributed by atoms with Crippen molar-refractivity contribution in [3.8, 4) is 5.75 Å². The summed E-state index contributed by atoms with van der Waals surface area (Å²) in [5, 5.41) is 4.05. The SMILES string of the molecule is Clc1ccc(O[C@H](c2ccccc2)[C@@H]2CCNC2)c(Cl)n1. The van der Waals surface area contributed by atoms with Gasteiger partial charge in [0, 0.05) is 12.5 Å². The molecule has 21 heavy (non-hydrogen) atoms. The number of aromatic nitrogens is 1. The molecule has 2 aromatic rings. The van der Waals surface area contributed by atoms with Crippen molar-refractivity contribution in [2.45, 2.75) is 12.5 Å². The standard InChI is InChI=1S/C16H16Cl2N2O/c17-14-7-6-13(16(18)20-14)21-15(12-8-9-19-10-12)11-4-2-1-3-5-11/h1-7,12,15,19H,8-10H2/t12-,15-/m1/s1. The molecule has 110 valence electrons. The molecular formula is C16H16Cl2N2O. The van der Waals surface area contributed by atoms with E-state index in [2.05, 4.69) is 22.4 Å². The number of rotatable bonds is 4. The Hall–Kier alpha value is -1.29. The molecule has 1 aromatic heterocycles. The zero-order valence-electron chi connectivity index (χ0n) is 11.4. The molecule has 0 saturated carbocycles. The molecule has 1 aliphatic heterocycles. The minimum absolute atomic E-state index is 0.0401. The van der Waals surface area contributed by atoms with E-state index in [4.69, 9.17) is 27.9 Å². The number of halogens is 2. The van der Waals surface area contributed by atoms with Crippen LogP contribution >= 0.6 is 23.2 Å². The van der Waals surface area contributed by atoms with Crippen molar-refractivity contribution in [3.63, 3.8) is 0 Å². The lowest BCUT2D eigenvalue weighted by molar-refractivity contribution is 0.144. The zero-order valence-corrected chi connectivity index (χ0v) is 12.9. The Morgan fingerprint density at radius 2 is 1.95 bits per heavy atom. The van der Waals surface area contributed by atoms with Crippen molar-refractivity contribution in [2.24, 2.45) is 5.92 Å². The Kier molecular flexibility index (Phi) is 4.63. The summed E-state index contributed by atoms with van der Waals surface area (Å²) in [7, 11) is 0. The summed E-state index contributed by atoms with van der Waals surface area (Å²) < 4.78 is 6.18. The number of nitrogens with one attached hydrogen (secondary N) is 1. The zero-order chi connectivity index (χ0) is 14.7. The summed E-state index contributed by atoms with van der Waals surface area (Å²) in [6, 6.07) is 13.7. The first-order valence-corrected chi connectivity index (χ1v) is 7.74. The number of hydrogen-bond acceptors (Lipinski definition) is 3. The van der Waals surface area contributed by atoms with Crippen LogP contribution in [0.5, 0.6) is 5.75 Å². The molecule has 5 heteroatoms. The van der Waals surface area contributed by atoms with Crippen LogP contribution in [0.1, 0.15) is 18.1 Å². The van der Waals surface area contributed by atoms with E-state index in [1.807, 2.05) is 18.2 Å². The Balaban J connectivity index is 1.88. The van der Waals surface area contributed by atoms with Crippen LogP contribution in [-0.2, 0) is 0 Å². The second-order valence-corrected chi connectivity index (χ2v) is 5.87. The molecule has 1 saturated heterocycles. The highest BCUT2D eigenvalue weighted by Crippen LogP contribution is 2.34.